The van der Waals surface area contributed by atoms with Gasteiger partial charge in [0.05, 0.1) is 5.56 Å². The van der Waals surface area contributed by atoms with Gasteiger partial charge in [-0.05, 0) is 25.8 Å². The smallest absolute Gasteiger partial charge is 0.254 e. The Morgan fingerprint density at radius 2 is 2.42 bits per heavy atom. The van der Waals surface area contributed by atoms with E-state index in [4.69, 9.17) is 4.42 Å². The SMILES string of the molecule is Cc1cc(C(=O)NC2CC2)co1. The first-order valence-corrected chi connectivity index (χ1v) is 4.12. The average Bonchev–Trinajstić information content (AvgIpc) is 2.72. The molecular weight excluding hydrogens is 154 g/mol. The fraction of sp³-hybridized carbons (Fsp3) is 0.444. The fourth-order valence-electron chi connectivity index (χ4n) is 1.06. The van der Waals surface area contributed by atoms with Crippen molar-refractivity contribution in [1.82, 2.24) is 5.32 Å². The Kier molecular flexibility index (Phi) is 1.64. The van der Waals surface area contributed by atoms with E-state index >= 15 is 0 Å². The van der Waals surface area contributed by atoms with E-state index in [2.05, 4.69) is 5.32 Å². The molecule has 0 radical (unpaired) electrons. The van der Waals surface area contributed by atoms with Gasteiger partial charge in [-0.15, -0.1) is 0 Å². The molecule has 1 fully saturated rings. The number of carbonyl (C=O) groups excluding carboxylic acids is 1. The molecule has 64 valence electrons. The maximum Gasteiger partial charge on any atom is 0.254 e. The van der Waals surface area contributed by atoms with Crippen LogP contribution in [0.5, 0.6) is 0 Å². The van der Waals surface area contributed by atoms with Gasteiger partial charge in [-0.2, -0.15) is 0 Å². The van der Waals surface area contributed by atoms with Gasteiger partial charge < -0.3 is 9.73 Å². The van der Waals surface area contributed by atoms with Gasteiger partial charge >= 0.3 is 0 Å². The van der Waals surface area contributed by atoms with Crippen LogP contribution < -0.4 is 5.32 Å². The van der Waals surface area contributed by atoms with Crippen molar-refractivity contribution >= 4 is 5.91 Å². The minimum absolute atomic E-state index is 0.0191. The highest BCUT2D eigenvalue weighted by molar-refractivity contribution is 5.94. The zero-order valence-corrected chi connectivity index (χ0v) is 6.96. The molecule has 1 aromatic heterocycles. The molecule has 0 saturated heterocycles. The van der Waals surface area contributed by atoms with Gasteiger partial charge in [0.2, 0.25) is 0 Å². The van der Waals surface area contributed by atoms with Gasteiger partial charge in [0.1, 0.15) is 12.0 Å². The summed E-state index contributed by atoms with van der Waals surface area (Å²) in [6.07, 6.45) is 3.72. The van der Waals surface area contributed by atoms with Crippen LogP contribution in [0.25, 0.3) is 0 Å². The van der Waals surface area contributed by atoms with Crippen molar-refractivity contribution in [3.8, 4) is 0 Å². The summed E-state index contributed by atoms with van der Waals surface area (Å²) in [5, 5.41) is 2.88. The molecule has 3 nitrogen and oxygen atoms in total. The molecule has 3 heteroatoms. The summed E-state index contributed by atoms with van der Waals surface area (Å²) in [6.45, 7) is 1.83. The molecule has 0 atom stereocenters. The van der Waals surface area contributed by atoms with Crippen molar-refractivity contribution in [3.05, 3.63) is 23.7 Å². The zero-order chi connectivity index (χ0) is 8.55. The molecule has 1 amide bonds. The van der Waals surface area contributed by atoms with Crippen molar-refractivity contribution in [2.24, 2.45) is 0 Å². The Labute approximate surface area is 70.8 Å². The summed E-state index contributed by atoms with van der Waals surface area (Å²) < 4.78 is 5.03. The van der Waals surface area contributed by atoms with E-state index in [1.54, 1.807) is 6.07 Å². The van der Waals surface area contributed by atoms with E-state index in [-0.39, 0.29) is 5.91 Å². The number of nitrogens with one attached hydrogen (secondary N) is 1. The first-order valence-electron chi connectivity index (χ1n) is 4.12. The van der Waals surface area contributed by atoms with Crippen LogP contribution in [0.1, 0.15) is 29.0 Å². The van der Waals surface area contributed by atoms with Crippen LogP contribution in [0, 0.1) is 6.92 Å². The van der Waals surface area contributed by atoms with Crippen LogP contribution in [-0.4, -0.2) is 11.9 Å². The molecule has 0 spiro atoms. The number of amides is 1. The number of hydrogen-bond donors (Lipinski definition) is 1. The van der Waals surface area contributed by atoms with Crippen molar-refractivity contribution in [2.45, 2.75) is 25.8 Å². The van der Waals surface area contributed by atoms with Crippen LogP contribution in [0.3, 0.4) is 0 Å². The minimum Gasteiger partial charge on any atom is -0.469 e. The van der Waals surface area contributed by atoms with E-state index < -0.39 is 0 Å². The fourth-order valence-corrected chi connectivity index (χ4v) is 1.06. The standard InChI is InChI=1S/C9H11NO2/c1-6-4-7(5-12-6)9(11)10-8-2-3-8/h4-5,8H,2-3H2,1H3,(H,10,11). The largest absolute Gasteiger partial charge is 0.469 e. The van der Waals surface area contributed by atoms with Crippen LogP contribution in [0.4, 0.5) is 0 Å². The summed E-state index contributed by atoms with van der Waals surface area (Å²) in [5.41, 5.74) is 0.624. The predicted molar refractivity (Wildman–Crippen MR) is 43.9 cm³/mol. The van der Waals surface area contributed by atoms with E-state index in [9.17, 15) is 4.79 Å². The Morgan fingerprint density at radius 3 is 2.92 bits per heavy atom. The van der Waals surface area contributed by atoms with Crippen LogP contribution in [0.2, 0.25) is 0 Å². The van der Waals surface area contributed by atoms with E-state index in [1.165, 1.54) is 6.26 Å². The lowest BCUT2D eigenvalue weighted by molar-refractivity contribution is 0.0950. The van der Waals surface area contributed by atoms with Crippen LogP contribution in [-0.2, 0) is 0 Å². The molecule has 0 aromatic carbocycles. The Morgan fingerprint density at radius 1 is 1.67 bits per heavy atom. The number of carbonyl (C=O) groups is 1. The summed E-state index contributed by atoms with van der Waals surface area (Å²) in [6, 6.07) is 2.16. The van der Waals surface area contributed by atoms with Crippen molar-refractivity contribution in [1.29, 1.82) is 0 Å². The average molecular weight is 165 g/mol. The maximum absolute atomic E-state index is 11.3. The lowest BCUT2D eigenvalue weighted by atomic mass is 10.3. The van der Waals surface area contributed by atoms with Gasteiger partial charge in [-0.25, -0.2) is 0 Å². The van der Waals surface area contributed by atoms with Gasteiger partial charge in [0.15, 0.2) is 0 Å². The molecule has 1 aliphatic rings. The Hall–Kier alpha value is -1.25. The highest BCUT2D eigenvalue weighted by Gasteiger charge is 2.24. The molecule has 12 heavy (non-hydrogen) atoms. The topological polar surface area (TPSA) is 42.2 Å². The first kappa shape index (κ1) is 7.40. The summed E-state index contributed by atoms with van der Waals surface area (Å²) in [7, 11) is 0. The van der Waals surface area contributed by atoms with Crippen LogP contribution >= 0.6 is 0 Å². The highest BCUT2D eigenvalue weighted by atomic mass is 16.3. The molecule has 1 aliphatic carbocycles. The quantitative estimate of drug-likeness (QED) is 0.721. The van der Waals surface area contributed by atoms with Gasteiger partial charge in [0.25, 0.3) is 5.91 Å². The second kappa shape index (κ2) is 2.66. The van der Waals surface area contributed by atoms with E-state index in [0.29, 0.717) is 11.6 Å². The van der Waals surface area contributed by atoms with Gasteiger partial charge in [0, 0.05) is 6.04 Å². The third-order valence-electron chi connectivity index (χ3n) is 1.91. The first-order chi connectivity index (χ1) is 5.75. The van der Waals surface area contributed by atoms with E-state index in [0.717, 1.165) is 18.6 Å². The molecule has 0 unspecified atom stereocenters. The van der Waals surface area contributed by atoms with Gasteiger partial charge in [-0.3, -0.25) is 4.79 Å². The second-order valence-electron chi connectivity index (χ2n) is 3.19. The number of hydrogen-bond acceptors (Lipinski definition) is 2. The third-order valence-corrected chi connectivity index (χ3v) is 1.91. The summed E-state index contributed by atoms with van der Waals surface area (Å²) >= 11 is 0. The monoisotopic (exact) mass is 165 g/mol. The predicted octanol–water partition coefficient (Wildman–Crippen LogP) is 1.48. The van der Waals surface area contributed by atoms with E-state index in [1.807, 2.05) is 6.92 Å². The highest BCUT2D eigenvalue weighted by Crippen LogP contribution is 2.19. The minimum atomic E-state index is -0.0191. The Balaban J connectivity index is 2.03. The summed E-state index contributed by atoms with van der Waals surface area (Å²) in [4.78, 5) is 11.3. The van der Waals surface area contributed by atoms with Crippen molar-refractivity contribution < 1.29 is 9.21 Å². The molecule has 1 heterocycles. The molecule has 1 N–H and O–H groups in total. The Bertz CT molecular complexity index is 299. The molecule has 0 bridgehead atoms. The third kappa shape index (κ3) is 1.49. The van der Waals surface area contributed by atoms with Gasteiger partial charge in [-0.1, -0.05) is 0 Å². The van der Waals surface area contributed by atoms with Crippen molar-refractivity contribution in [2.75, 3.05) is 0 Å². The molecule has 2 rings (SSSR count). The molecule has 0 aliphatic heterocycles. The normalized spacial score (nSPS) is 16.1. The number of rotatable bonds is 2. The molecule has 1 saturated carbocycles. The number of aryl methyl sites for hydroxylation is 1. The molecular formula is C9H11NO2. The zero-order valence-electron chi connectivity index (χ0n) is 6.96. The lowest BCUT2D eigenvalue weighted by Crippen LogP contribution is -2.24. The van der Waals surface area contributed by atoms with Crippen LogP contribution in [0.15, 0.2) is 16.7 Å². The number of furan rings is 1. The molecule has 1 aromatic rings. The lowest BCUT2D eigenvalue weighted by Gasteiger charge is -1.97. The van der Waals surface area contributed by atoms with Crippen molar-refractivity contribution in [3.63, 3.8) is 0 Å². The maximum atomic E-state index is 11.3. The second-order valence-corrected chi connectivity index (χ2v) is 3.19. The summed E-state index contributed by atoms with van der Waals surface area (Å²) in [5.74, 6) is 0.755.